The molecule has 3 heterocycles. The number of H-pyrrole nitrogens is 1. The highest BCUT2D eigenvalue weighted by Gasteiger charge is 2.33. The first-order valence-corrected chi connectivity index (χ1v) is 8.98. The molecule has 0 aliphatic rings. The molecule has 5 aromatic rings. The van der Waals surface area contributed by atoms with Crippen LogP contribution in [0.3, 0.4) is 0 Å². The number of pyridine rings is 1. The molecule has 150 valence electrons. The summed E-state index contributed by atoms with van der Waals surface area (Å²) in [5, 5.41) is 7.72. The number of aromatic amines is 1. The van der Waals surface area contributed by atoms with Crippen LogP contribution in [0.25, 0.3) is 39.1 Å². The van der Waals surface area contributed by atoms with Crippen molar-refractivity contribution >= 4 is 22.1 Å². The summed E-state index contributed by atoms with van der Waals surface area (Å²) >= 11 is 0. The third-order valence-electron chi connectivity index (χ3n) is 4.89. The number of imidazole rings is 1. The average molecular weight is 411 g/mol. The Bertz CT molecular complexity index is 1400. The van der Waals surface area contributed by atoms with Gasteiger partial charge in [0.1, 0.15) is 22.9 Å². The fourth-order valence-electron chi connectivity index (χ4n) is 3.50. The number of fused-ring (bicyclic) bond motifs is 2. The maximum absolute atomic E-state index is 13.4. The van der Waals surface area contributed by atoms with Crippen LogP contribution in [0.4, 0.5) is 17.6 Å². The first-order valence-electron chi connectivity index (χ1n) is 8.98. The van der Waals surface area contributed by atoms with Crippen molar-refractivity contribution < 1.29 is 17.6 Å². The lowest BCUT2D eigenvalue weighted by Crippen LogP contribution is -2.09. The van der Waals surface area contributed by atoms with Crippen LogP contribution >= 0.6 is 0 Å². The van der Waals surface area contributed by atoms with Gasteiger partial charge in [0.05, 0.1) is 17.4 Å². The number of halogens is 4. The molecule has 30 heavy (non-hydrogen) atoms. The molecule has 3 aromatic heterocycles. The van der Waals surface area contributed by atoms with Crippen molar-refractivity contribution in [3.63, 3.8) is 0 Å². The van der Waals surface area contributed by atoms with Gasteiger partial charge in [0.25, 0.3) is 0 Å². The summed E-state index contributed by atoms with van der Waals surface area (Å²) in [6.45, 7) is 1.87. The first kappa shape index (κ1) is 18.3. The van der Waals surface area contributed by atoms with E-state index in [1.165, 1.54) is 30.3 Å². The molecule has 9 heteroatoms. The Labute approximate surface area is 167 Å². The summed E-state index contributed by atoms with van der Waals surface area (Å²) in [6, 6.07) is 11.4. The standard InChI is InChI=1S/C21H13F4N5/c1-11-8-15(9-13-10-26-29-18(11)13)30-19(12-2-4-14(22)5-3-12)27-16-6-7-17(21(23,24)25)28-20(16)30/h2-10H,1H3,(H,26,29). The van der Waals surface area contributed by atoms with Crippen LogP contribution in [0.1, 0.15) is 11.3 Å². The van der Waals surface area contributed by atoms with Gasteiger partial charge >= 0.3 is 6.18 Å². The molecule has 0 amide bonds. The van der Waals surface area contributed by atoms with E-state index in [4.69, 9.17) is 0 Å². The number of hydrogen-bond donors (Lipinski definition) is 1. The maximum Gasteiger partial charge on any atom is 0.433 e. The Morgan fingerprint density at radius 3 is 2.47 bits per heavy atom. The average Bonchev–Trinajstić information content (AvgIpc) is 3.31. The molecule has 5 nitrogen and oxygen atoms in total. The van der Waals surface area contributed by atoms with Gasteiger partial charge in [-0.2, -0.15) is 18.3 Å². The van der Waals surface area contributed by atoms with Gasteiger partial charge in [-0.15, -0.1) is 0 Å². The second kappa shape index (κ2) is 6.38. The number of alkyl halides is 3. The summed E-state index contributed by atoms with van der Waals surface area (Å²) < 4.78 is 54.9. The monoisotopic (exact) mass is 411 g/mol. The second-order valence-electron chi connectivity index (χ2n) is 6.91. The Morgan fingerprint density at radius 2 is 1.73 bits per heavy atom. The van der Waals surface area contributed by atoms with E-state index in [-0.39, 0.29) is 5.65 Å². The molecule has 5 rings (SSSR count). The minimum Gasteiger partial charge on any atom is -0.278 e. The zero-order chi connectivity index (χ0) is 21.0. The number of benzene rings is 2. The van der Waals surface area contributed by atoms with Crippen LogP contribution in [0.5, 0.6) is 0 Å². The Morgan fingerprint density at radius 1 is 0.967 bits per heavy atom. The van der Waals surface area contributed by atoms with Crippen molar-refractivity contribution in [3.05, 3.63) is 71.8 Å². The highest BCUT2D eigenvalue weighted by molar-refractivity contribution is 5.86. The van der Waals surface area contributed by atoms with Gasteiger partial charge in [-0.1, -0.05) is 0 Å². The summed E-state index contributed by atoms with van der Waals surface area (Å²) in [5.74, 6) is -0.0615. The number of aromatic nitrogens is 5. The first-order chi connectivity index (χ1) is 14.3. The van der Waals surface area contributed by atoms with Gasteiger partial charge < -0.3 is 0 Å². The van der Waals surface area contributed by atoms with E-state index in [0.29, 0.717) is 22.6 Å². The number of aryl methyl sites for hydroxylation is 1. The minimum absolute atomic E-state index is 0.0615. The molecule has 0 bridgehead atoms. The van der Waals surface area contributed by atoms with Crippen LogP contribution in [-0.4, -0.2) is 24.7 Å². The zero-order valence-corrected chi connectivity index (χ0v) is 15.5. The van der Waals surface area contributed by atoms with Crippen molar-refractivity contribution in [2.75, 3.05) is 0 Å². The molecular weight excluding hydrogens is 398 g/mol. The van der Waals surface area contributed by atoms with E-state index in [1.807, 2.05) is 13.0 Å². The number of rotatable bonds is 2. The molecule has 0 aliphatic heterocycles. The van der Waals surface area contributed by atoms with Gasteiger partial charge in [-0.3, -0.25) is 9.67 Å². The van der Waals surface area contributed by atoms with Crippen LogP contribution in [-0.2, 0) is 6.18 Å². The highest BCUT2D eigenvalue weighted by Crippen LogP contribution is 2.33. The van der Waals surface area contributed by atoms with Gasteiger partial charge in [0.15, 0.2) is 5.65 Å². The molecular formula is C21H13F4N5. The molecule has 1 N–H and O–H groups in total. The Hall–Kier alpha value is -3.75. The largest absolute Gasteiger partial charge is 0.433 e. The van der Waals surface area contributed by atoms with Gasteiger partial charge in [0.2, 0.25) is 0 Å². The lowest BCUT2D eigenvalue weighted by Gasteiger charge is -2.12. The SMILES string of the molecule is Cc1cc(-n2c(-c3ccc(F)cc3)nc3ccc(C(F)(F)F)nc32)cc2cn[nH]c12. The Balaban J connectivity index is 1.85. The van der Waals surface area contributed by atoms with E-state index in [0.717, 1.165) is 22.5 Å². The minimum atomic E-state index is -4.59. The van der Waals surface area contributed by atoms with Crippen molar-refractivity contribution in [1.29, 1.82) is 0 Å². The molecule has 0 fully saturated rings. The van der Waals surface area contributed by atoms with E-state index >= 15 is 0 Å². The van der Waals surface area contributed by atoms with Crippen LogP contribution < -0.4 is 0 Å². The smallest absolute Gasteiger partial charge is 0.278 e. The molecule has 0 saturated carbocycles. The van der Waals surface area contributed by atoms with Crippen molar-refractivity contribution in [3.8, 4) is 17.1 Å². The topological polar surface area (TPSA) is 59.4 Å². The predicted octanol–water partition coefficient (Wildman–Crippen LogP) is 5.43. The number of nitrogens with zero attached hydrogens (tertiary/aromatic N) is 4. The maximum atomic E-state index is 13.4. The molecule has 0 radical (unpaired) electrons. The summed E-state index contributed by atoms with van der Waals surface area (Å²) in [5.41, 5.74) is 2.17. The van der Waals surface area contributed by atoms with Gasteiger partial charge in [-0.25, -0.2) is 14.4 Å². The van der Waals surface area contributed by atoms with Crippen LogP contribution in [0.15, 0.2) is 54.7 Å². The predicted molar refractivity (Wildman–Crippen MR) is 104 cm³/mol. The third-order valence-corrected chi connectivity index (χ3v) is 4.89. The quantitative estimate of drug-likeness (QED) is 0.394. The van der Waals surface area contributed by atoms with E-state index in [1.54, 1.807) is 16.8 Å². The molecule has 2 aromatic carbocycles. The second-order valence-corrected chi connectivity index (χ2v) is 6.91. The highest BCUT2D eigenvalue weighted by atomic mass is 19.4. The summed E-state index contributed by atoms with van der Waals surface area (Å²) in [4.78, 5) is 8.36. The van der Waals surface area contributed by atoms with Gasteiger partial charge in [0, 0.05) is 10.9 Å². The third kappa shape index (κ3) is 2.90. The Kier molecular flexibility index (Phi) is 3.89. The summed E-state index contributed by atoms with van der Waals surface area (Å²) in [6.07, 6.45) is -2.96. The fourth-order valence-corrected chi connectivity index (χ4v) is 3.50. The van der Waals surface area contributed by atoms with E-state index in [9.17, 15) is 17.6 Å². The zero-order valence-electron chi connectivity index (χ0n) is 15.5. The lowest BCUT2D eigenvalue weighted by molar-refractivity contribution is -0.141. The molecule has 0 saturated heterocycles. The van der Waals surface area contributed by atoms with Crippen molar-refractivity contribution in [2.45, 2.75) is 13.1 Å². The lowest BCUT2D eigenvalue weighted by atomic mass is 10.1. The van der Waals surface area contributed by atoms with Gasteiger partial charge in [-0.05, 0) is 61.0 Å². The molecule has 0 aliphatic carbocycles. The number of hydrogen-bond acceptors (Lipinski definition) is 3. The van der Waals surface area contributed by atoms with Crippen molar-refractivity contribution in [2.24, 2.45) is 0 Å². The van der Waals surface area contributed by atoms with E-state index < -0.39 is 17.7 Å². The molecule has 0 spiro atoms. The van der Waals surface area contributed by atoms with Crippen LogP contribution in [0, 0.1) is 12.7 Å². The van der Waals surface area contributed by atoms with Crippen molar-refractivity contribution in [1.82, 2.24) is 24.7 Å². The molecule has 0 unspecified atom stereocenters. The fraction of sp³-hybridized carbons (Fsp3) is 0.0952. The van der Waals surface area contributed by atoms with Crippen LogP contribution in [0.2, 0.25) is 0 Å². The summed E-state index contributed by atoms with van der Waals surface area (Å²) in [7, 11) is 0. The number of nitrogens with one attached hydrogen (secondary N) is 1. The molecule has 0 atom stereocenters. The van der Waals surface area contributed by atoms with E-state index in [2.05, 4.69) is 20.2 Å². The normalized spacial score (nSPS) is 12.2.